The largest absolute Gasteiger partial charge is 0.489 e. The van der Waals surface area contributed by atoms with Gasteiger partial charge in [-0.05, 0) is 35.8 Å². The summed E-state index contributed by atoms with van der Waals surface area (Å²) in [5.74, 6) is 0.652. The highest BCUT2D eigenvalue weighted by Gasteiger charge is 2.09. The van der Waals surface area contributed by atoms with E-state index in [1.165, 1.54) is 6.08 Å². The molecule has 3 rings (SSSR count). The van der Waals surface area contributed by atoms with Crippen molar-refractivity contribution in [3.05, 3.63) is 95.6 Å². The molecule has 0 atom stereocenters. The summed E-state index contributed by atoms with van der Waals surface area (Å²) in [5.41, 5.74) is 3.17. The van der Waals surface area contributed by atoms with Crippen molar-refractivity contribution in [2.75, 3.05) is 0 Å². The fourth-order valence-corrected chi connectivity index (χ4v) is 2.50. The molecule has 0 aliphatic carbocycles. The Morgan fingerprint density at radius 2 is 1.73 bits per heavy atom. The van der Waals surface area contributed by atoms with Gasteiger partial charge in [-0.25, -0.2) is 4.98 Å². The van der Waals surface area contributed by atoms with Crippen LogP contribution in [-0.4, -0.2) is 15.8 Å². The zero-order valence-electron chi connectivity index (χ0n) is 14.6. The van der Waals surface area contributed by atoms with Gasteiger partial charge in [-0.3, -0.25) is 9.78 Å². The summed E-state index contributed by atoms with van der Waals surface area (Å²) >= 11 is 0. The van der Waals surface area contributed by atoms with Gasteiger partial charge in [-0.15, -0.1) is 0 Å². The summed E-state index contributed by atoms with van der Waals surface area (Å²) in [6, 6.07) is 17.6. The van der Waals surface area contributed by atoms with Gasteiger partial charge in [-0.1, -0.05) is 55.5 Å². The van der Waals surface area contributed by atoms with Gasteiger partial charge < -0.3 is 4.74 Å². The molecule has 0 fully saturated rings. The van der Waals surface area contributed by atoms with E-state index in [2.05, 4.69) is 9.97 Å². The monoisotopic (exact) mass is 344 g/mol. The van der Waals surface area contributed by atoms with Crippen LogP contribution in [0.25, 0.3) is 6.08 Å². The molecule has 4 nitrogen and oxygen atoms in total. The van der Waals surface area contributed by atoms with Crippen LogP contribution in [0.5, 0.6) is 5.75 Å². The number of allylic oxidation sites excluding steroid dienone is 1. The zero-order chi connectivity index (χ0) is 18.2. The smallest absolute Gasteiger partial charge is 0.206 e. The van der Waals surface area contributed by atoms with Crippen molar-refractivity contribution < 1.29 is 9.53 Å². The SMILES string of the molecule is CCc1nccnc1C(=O)/C=C/c1ccc(OCc2ccccc2)cc1. The summed E-state index contributed by atoms with van der Waals surface area (Å²) in [7, 11) is 0. The molecule has 0 amide bonds. The van der Waals surface area contributed by atoms with Crippen molar-refractivity contribution in [2.24, 2.45) is 0 Å². The van der Waals surface area contributed by atoms with Crippen molar-refractivity contribution in [2.45, 2.75) is 20.0 Å². The lowest BCUT2D eigenvalue weighted by Crippen LogP contribution is -2.05. The summed E-state index contributed by atoms with van der Waals surface area (Å²) in [6.45, 7) is 2.49. The molecule has 0 spiro atoms. The van der Waals surface area contributed by atoms with E-state index in [0.717, 1.165) is 16.9 Å². The first-order valence-electron chi connectivity index (χ1n) is 8.55. The van der Waals surface area contributed by atoms with Crippen molar-refractivity contribution in [1.29, 1.82) is 0 Å². The first-order valence-corrected chi connectivity index (χ1v) is 8.55. The molecule has 0 radical (unpaired) electrons. The number of aromatic nitrogens is 2. The quantitative estimate of drug-likeness (QED) is 0.467. The number of nitrogens with zero attached hydrogens (tertiary/aromatic N) is 2. The van der Waals surface area contributed by atoms with E-state index in [-0.39, 0.29) is 5.78 Å². The number of ketones is 1. The summed E-state index contributed by atoms with van der Waals surface area (Å²) in [4.78, 5) is 20.7. The van der Waals surface area contributed by atoms with E-state index in [0.29, 0.717) is 24.4 Å². The Labute approximate surface area is 153 Å². The minimum absolute atomic E-state index is 0.139. The van der Waals surface area contributed by atoms with E-state index in [1.807, 2.05) is 61.5 Å². The number of aryl methyl sites for hydroxylation is 1. The molecule has 26 heavy (non-hydrogen) atoms. The highest BCUT2D eigenvalue weighted by atomic mass is 16.5. The van der Waals surface area contributed by atoms with Crippen LogP contribution in [0, 0.1) is 0 Å². The van der Waals surface area contributed by atoms with Gasteiger partial charge in [0.2, 0.25) is 5.78 Å². The maximum absolute atomic E-state index is 12.3. The van der Waals surface area contributed by atoms with Crippen LogP contribution in [0.4, 0.5) is 0 Å². The van der Waals surface area contributed by atoms with Crippen molar-refractivity contribution in [3.63, 3.8) is 0 Å². The van der Waals surface area contributed by atoms with E-state index in [4.69, 9.17) is 4.74 Å². The Balaban J connectivity index is 1.61. The number of carbonyl (C=O) groups excluding carboxylic acids is 1. The molecule has 0 bridgehead atoms. The van der Waals surface area contributed by atoms with Gasteiger partial charge in [0.05, 0.1) is 5.69 Å². The molecule has 1 aromatic heterocycles. The topological polar surface area (TPSA) is 52.1 Å². The van der Waals surface area contributed by atoms with Crippen LogP contribution in [0.2, 0.25) is 0 Å². The lowest BCUT2D eigenvalue weighted by Gasteiger charge is -2.06. The molecule has 2 aromatic carbocycles. The van der Waals surface area contributed by atoms with Crippen LogP contribution in [0.15, 0.2) is 73.1 Å². The predicted octanol–water partition coefficient (Wildman–Crippen LogP) is 4.51. The van der Waals surface area contributed by atoms with E-state index < -0.39 is 0 Å². The van der Waals surface area contributed by atoms with Gasteiger partial charge in [0.15, 0.2) is 0 Å². The molecule has 3 aromatic rings. The van der Waals surface area contributed by atoms with Crippen LogP contribution < -0.4 is 4.74 Å². The number of hydrogen-bond acceptors (Lipinski definition) is 4. The van der Waals surface area contributed by atoms with Gasteiger partial charge in [0, 0.05) is 12.4 Å². The third-order valence-electron chi connectivity index (χ3n) is 3.90. The Hall–Kier alpha value is -3.27. The number of benzene rings is 2. The van der Waals surface area contributed by atoms with Crippen molar-refractivity contribution >= 4 is 11.9 Å². The van der Waals surface area contributed by atoms with Crippen LogP contribution in [0.1, 0.15) is 34.2 Å². The summed E-state index contributed by atoms with van der Waals surface area (Å²) in [5, 5.41) is 0. The maximum Gasteiger partial charge on any atom is 0.206 e. The second-order valence-corrected chi connectivity index (χ2v) is 5.75. The van der Waals surface area contributed by atoms with E-state index in [9.17, 15) is 4.79 Å². The second kappa shape index (κ2) is 8.72. The average Bonchev–Trinajstić information content (AvgIpc) is 2.72. The lowest BCUT2D eigenvalue weighted by atomic mass is 10.1. The fourth-order valence-electron chi connectivity index (χ4n) is 2.50. The number of carbonyl (C=O) groups is 1. The van der Waals surface area contributed by atoms with Crippen LogP contribution >= 0.6 is 0 Å². The molecular formula is C22H20N2O2. The number of hydrogen-bond donors (Lipinski definition) is 0. The van der Waals surface area contributed by atoms with Crippen molar-refractivity contribution in [1.82, 2.24) is 9.97 Å². The van der Waals surface area contributed by atoms with Gasteiger partial charge in [0.1, 0.15) is 18.1 Å². The normalized spacial score (nSPS) is 10.8. The van der Waals surface area contributed by atoms with Crippen molar-refractivity contribution in [3.8, 4) is 5.75 Å². The van der Waals surface area contributed by atoms with Gasteiger partial charge in [0.25, 0.3) is 0 Å². The Morgan fingerprint density at radius 1 is 1.00 bits per heavy atom. The van der Waals surface area contributed by atoms with Gasteiger partial charge >= 0.3 is 0 Å². The molecular weight excluding hydrogens is 324 g/mol. The van der Waals surface area contributed by atoms with Crippen LogP contribution in [-0.2, 0) is 13.0 Å². The molecule has 0 saturated carbocycles. The molecule has 0 saturated heterocycles. The Bertz CT molecular complexity index is 888. The maximum atomic E-state index is 12.3. The molecule has 1 heterocycles. The lowest BCUT2D eigenvalue weighted by molar-refractivity contribution is 0.104. The first-order chi connectivity index (χ1) is 12.8. The summed E-state index contributed by atoms with van der Waals surface area (Å²) < 4.78 is 5.76. The van der Waals surface area contributed by atoms with E-state index >= 15 is 0 Å². The summed E-state index contributed by atoms with van der Waals surface area (Å²) in [6.07, 6.45) is 7.13. The molecule has 130 valence electrons. The number of ether oxygens (including phenoxy) is 1. The molecule has 0 N–H and O–H groups in total. The zero-order valence-corrected chi connectivity index (χ0v) is 14.6. The Morgan fingerprint density at radius 3 is 2.46 bits per heavy atom. The van der Waals surface area contributed by atoms with E-state index in [1.54, 1.807) is 18.5 Å². The third kappa shape index (κ3) is 4.63. The minimum atomic E-state index is -0.139. The molecule has 0 aliphatic heterocycles. The third-order valence-corrected chi connectivity index (χ3v) is 3.90. The molecule has 0 aliphatic rings. The second-order valence-electron chi connectivity index (χ2n) is 5.75. The number of rotatable bonds is 7. The first kappa shape index (κ1) is 17.5. The van der Waals surface area contributed by atoms with Gasteiger partial charge in [-0.2, -0.15) is 0 Å². The van der Waals surface area contributed by atoms with Crippen LogP contribution in [0.3, 0.4) is 0 Å². The molecule has 4 heteroatoms. The fraction of sp³-hybridized carbons (Fsp3) is 0.136. The molecule has 0 unspecified atom stereocenters. The standard InChI is InChI=1S/C22H20N2O2/c1-2-20-22(24-15-14-23-20)21(25)13-10-17-8-11-19(12-9-17)26-16-18-6-4-3-5-7-18/h3-15H,2,16H2,1H3/b13-10+. The highest BCUT2D eigenvalue weighted by Crippen LogP contribution is 2.15. The average molecular weight is 344 g/mol. The predicted molar refractivity (Wildman–Crippen MR) is 102 cm³/mol. The highest BCUT2D eigenvalue weighted by molar-refractivity contribution is 6.06. The Kier molecular flexibility index (Phi) is 5.88. The minimum Gasteiger partial charge on any atom is -0.489 e.